The topological polar surface area (TPSA) is 47.1 Å². The van der Waals surface area contributed by atoms with Gasteiger partial charge in [-0.2, -0.15) is 0 Å². The average Bonchev–Trinajstić information content (AvgIpc) is 3.45. The van der Waals surface area contributed by atoms with Crippen LogP contribution in [-0.2, 0) is 5.54 Å². The van der Waals surface area contributed by atoms with Gasteiger partial charge in [0, 0.05) is 35.6 Å². The molecule has 202 valence electrons. The van der Waals surface area contributed by atoms with Crippen LogP contribution >= 0.6 is 0 Å². The van der Waals surface area contributed by atoms with Crippen molar-refractivity contribution in [1.82, 2.24) is 24.1 Å². The van der Waals surface area contributed by atoms with Crippen molar-refractivity contribution in [3.63, 3.8) is 0 Å². The molecule has 3 atom stereocenters. The van der Waals surface area contributed by atoms with Crippen LogP contribution in [0.3, 0.4) is 0 Å². The van der Waals surface area contributed by atoms with Crippen LogP contribution in [0.5, 0.6) is 0 Å². The Kier molecular flexibility index (Phi) is 5.71. The van der Waals surface area contributed by atoms with Crippen molar-refractivity contribution in [1.29, 1.82) is 0 Å². The summed E-state index contributed by atoms with van der Waals surface area (Å²) in [4.78, 5) is 7.23. The zero-order valence-electron chi connectivity index (χ0n) is 24.6. The Labute approximate surface area is 231 Å². The fraction of sp³-hybridized carbons (Fsp3) is 0.394. The lowest BCUT2D eigenvalue weighted by atomic mass is 9.84. The first-order valence-electron chi connectivity index (χ1n) is 14.1. The molecule has 0 aliphatic carbocycles. The molecule has 0 amide bonds. The molecule has 6 nitrogen and oxygen atoms in total. The number of benzene rings is 2. The molecule has 0 saturated heterocycles. The second kappa shape index (κ2) is 8.68. The number of rotatable bonds is 4. The summed E-state index contributed by atoms with van der Waals surface area (Å²) >= 11 is 0. The summed E-state index contributed by atoms with van der Waals surface area (Å²) in [5.74, 6) is 1.12. The first-order chi connectivity index (χ1) is 18.5. The summed E-state index contributed by atoms with van der Waals surface area (Å²) in [5.41, 5.74) is 5.93. The van der Waals surface area contributed by atoms with E-state index >= 15 is 0 Å². The van der Waals surface area contributed by atoms with Gasteiger partial charge < -0.3 is 9.32 Å². The molecular weight excluding hydrogens is 482 g/mol. The van der Waals surface area contributed by atoms with Crippen LogP contribution in [0.4, 0.5) is 5.82 Å². The maximum Gasteiger partial charge on any atom is 0.256 e. The minimum absolute atomic E-state index is 0.118. The van der Waals surface area contributed by atoms with Crippen molar-refractivity contribution >= 4 is 38.8 Å². The van der Waals surface area contributed by atoms with E-state index in [1.165, 1.54) is 22.0 Å². The highest BCUT2D eigenvalue weighted by molar-refractivity contribution is 6.06. The number of quaternary nitrogens is 1. The highest BCUT2D eigenvalue weighted by Crippen LogP contribution is 2.45. The highest BCUT2D eigenvalue weighted by Gasteiger charge is 2.49. The number of aromatic nitrogens is 3. The smallest absolute Gasteiger partial charge is 0.256 e. The third-order valence-electron chi connectivity index (χ3n) is 9.20. The molecule has 5 aromatic rings. The fourth-order valence-corrected chi connectivity index (χ4v) is 6.83. The third kappa shape index (κ3) is 3.57. The number of aryl methyl sites for hydroxylation is 2. The van der Waals surface area contributed by atoms with Gasteiger partial charge in [0.2, 0.25) is 5.71 Å². The molecule has 2 unspecified atom stereocenters. The Hall–Kier alpha value is -3.64. The van der Waals surface area contributed by atoms with E-state index < -0.39 is 0 Å². The molecule has 2 aromatic carbocycles. The summed E-state index contributed by atoms with van der Waals surface area (Å²) in [6.07, 6.45) is 4.77. The van der Waals surface area contributed by atoms with Crippen molar-refractivity contribution in [2.45, 2.75) is 79.2 Å². The number of furan rings is 1. The molecule has 6 heteroatoms. The van der Waals surface area contributed by atoms with Crippen molar-refractivity contribution in [3.05, 3.63) is 77.6 Å². The van der Waals surface area contributed by atoms with Crippen LogP contribution in [0.25, 0.3) is 33.0 Å². The maximum atomic E-state index is 6.27. The number of fused-ring (bicyclic) bond motifs is 4. The molecule has 0 saturated carbocycles. The summed E-state index contributed by atoms with van der Waals surface area (Å²) in [5, 5.41) is 8.74. The molecule has 0 radical (unpaired) electrons. The van der Waals surface area contributed by atoms with Gasteiger partial charge in [0.15, 0.2) is 6.17 Å². The number of hydrogen-bond acceptors (Lipinski definition) is 4. The van der Waals surface area contributed by atoms with Crippen molar-refractivity contribution in [2.24, 2.45) is 0 Å². The first-order valence-corrected chi connectivity index (χ1v) is 14.1. The monoisotopic (exact) mass is 522 g/mol. The van der Waals surface area contributed by atoms with E-state index in [0.29, 0.717) is 10.2 Å². The van der Waals surface area contributed by atoms with Crippen LogP contribution in [0, 0.1) is 13.8 Å². The highest BCUT2D eigenvalue weighted by atomic mass is 16.3. The molecule has 0 N–H and O–H groups in total. The SMILES string of the molecule is Cc1ccc2c(n1)oc1ccc(C)c(C(C)(C)N3C=C[C@@H](C)[N+](C)(c4nn(C(C)C)c5ccccc45)C3C)c12. The van der Waals surface area contributed by atoms with E-state index in [0.717, 1.165) is 27.9 Å². The number of hydrogen-bond donors (Lipinski definition) is 0. The van der Waals surface area contributed by atoms with Crippen molar-refractivity contribution < 1.29 is 4.42 Å². The lowest BCUT2D eigenvalue weighted by Gasteiger charge is -2.53. The molecule has 0 bridgehead atoms. The van der Waals surface area contributed by atoms with Gasteiger partial charge in [-0.15, -0.1) is 5.10 Å². The van der Waals surface area contributed by atoms with Gasteiger partial charge in [0.1, 0.15) is 11.6 Å². The summed E-state index contributed by atoms with van der Waals surface area (Å²) < 4.78 is 9.14. The molecular formula is C33H40N5O+. The summed E-state index contributed by atoms with van der Waals surface area (Å²) in [6.45, 7) is 18.0. The second-order valence-corrected chi connectivity index (χ2v) is 12.2. The minimum Gasteiger partial charge on any atom is -0.438 e. The van der Waals surface area contributed by atoms with Crippen molar-refractivity contribution in [3.8, 4) is 0 Å². The number of pyridine rings is 1. The molecule has 4 heterocycles. The predicted octanol–water partition coefficient (Wildman–Crippen LogP) is 7.96. The number of nitrogens with zero attached hydrogens (tertiary/aromatic N) is 5. The lowest BCUT2D eigenvalue weighted by molar-refractivity contribution is 0.0165. The summed E-state index contributed by atoms with van der Waals surface area (Å²) in [6, 6.07) is 17.7. The summed E-state index contributed by atoms with van der Waals surface area (Å²) in [7, 11) is 2.34. The van der Waals surface area contributed by atoms with Gasteiger partial charge in [0.05, 0.1) is 23.5 Å². The van der Waals surface area contributed by atoms with E-state index in [1.807, 2.05) is 6.92 Å². The van der Waals surface area contributed by atoms with E-state index in [-0.39, 0.29) is 23.8 Å². The van der Waals surface area contributed by atoms with Gasteiger partial charge in [0.25, 0.3) is 5.82 Å². The quantitative estimate of drug-likeness (QED) is 0.225. The average molecular weight is 523 g/mol. The second-order valence-electron chi connectivity index (χ2n) is 12.2. The predicted molar refractivity (Wildman–Crippen MR) is 162 cm³/mol. The van der Waals surface area contributed by atoms with Crippen LogP contribution in [0.1, 0.15) is 64.4 Å². The Balaban J connectivity index is 1.55. The third-order valence-corrected chi connectivity index (χ3v) is 9.20. The molecule has 0 spiro atoms. The molecule has 39 heavy (non-hydrogen) atoms. The van der Waals surface area contributed by atoms with E-state index in [4.69, 9.17) is 14.5 Å². The van der Waals surface area contributed by atoms with Gasteiger partial charge in [-0.1, -0.05) is 18.2 Å². The van der Waals surface area contributed by atoms with E-state index in [2.05, 4.69) is 126 Å². The lowest BCUT2D eigenvalue weighted by Crippen LogP contribution is -2.67. The van der Waals surface area contributed by atoms with E-state index in [1.54, 1.807) is 0 Å². The van der Waals surface area contributed by atoms with Gasteiger partial charge in [-0.25, -0.2) is 4.98 Å². The first kappa shape index (κ1) is 25.6. The molecule has 6 rings (SSSR count). The van der Waals surface area contributed by atoms with Crippen LogP contribution < -0.4 is 4.48 Å². The molecule has 1 aliphatic heterocycles. The Morgan fingerprint density at radius 1 is 0.974 bits per heavy atom. The Bertz CT molecular complexity index is 1760. The zero-order valence-corrected chi connectivity index (χ0v) is 24.6. The zero-order chi connectivity index (χ0) is 27.9. The number of para-hydroxylation sites is 1. The Morgan fingerprint density at radius 2 is 1.72 bits per heavy atom. The fourth-order valence-electron chi connectivity index (χ4n) is 6.83. The van der Waals surface area contributed by atoms with Crippen LogP contribution in [0.15, 0.2) is 65.2 Å². The van der Waals surface area contributed by atoms with E-state index in [9.17, 15) is 0 Å². The maximum absolute atomic E-state index is 6.27. The standard InChI is InChI=1S/C33H40N5O/c1-20(2)37-27-13-11-10-12-25(27)31(35-37)38(9)23(5)18-19-36(24(38)6)33(7,8)30-21(3)14-17-28-29(30)26-16-15-22(4)34-32(26)39-28/h10-20,23-24H,1-9H3/q+1/t23-,24?,38?/m1/s1. The minimum atomic E-state index is -0.336. The largest absolute Gasteiger partial charge is 0.438 e. The van der Waals surface area contributed by atoms with Crippen molar-refractivity contribution in [2.75, 3.05) is 7.05 Å². The molecule has 0 fully saturated rings. The van der Waals surface area contributed by atoms with Gasteiger partial charge in [-0.05, 0) is 96.0 Å². The molecule has 1 aliphatic rings. The normalized spacial score (nSPS) is 22.2. The van der Waals surface area contributed by atoms with Gasteiger partial charge in [-0.3, -0.25) is 9.16 Å². The molecule has 3 aromatic heterocycles. The van der Waals surface area contributed by atoms with Crippen LogP contribution in [-0.4, -0.2) is 38.9 Å². The van der Waals surface area contributed by atoms with Crippen LogP contribution in [0.2, 0.25) is 0 Å². The van der Waals surface area contributed by atoms with Gasteiger partial charge >= 0.3 is 0 Å². The number of likely N-dealkylation sites (N-methyl/N-ethyl adjacent to an activating group) is 1. The Morgan fingerprint density at radius 3 is 2.46 bits per heavy atom.